The maximum absolute atomic E-state index is 8.41. The van der Waals surface area contributed by atoms with E-state index in [0.717, 1.165) is 51.4 Å². The summed E-state index contributed by atoms with van der Waals surface area (Å²) in [7, 11) is -12.8. The standard InChI is InChI=1S/C40H80O8Si4/c1-33(2)41-29-49(37-21-13-9-14-22-37)45-50(30-42-34(3)4,38-23-15-10-16-24-38)47-52(32-44-36(7)8,40-27-19-12-20-28-40)48-51(46-49,31-43-35(5)6)39-25-17-11-18-26-39/h33-40H,9-32H2,1-8H3. The van der Waals surface area contributed by atoms with Gasteiger partial charge in [0.2, 0.25) is 0 Å². The number of rotatable bonds is 16. The van der Waals surface area contributed by atoms with E-state index in [1.165, 1.54) is 77.0 Å². The molecule has 4 saturated carbocycles. The third kappa shape index (κ3) is 11.4. The fraction of sp³-hybridized carbons (Fsp3) is 1.00. The third-order valence-electron chi connectivity index (χ3n) is 12.8. The predicted molar refractivity (Wildman–Crippen MR) is 219 cm³/mol. The number of hydrogen-bond acceptors (Lipinski definition) is 8. The van der Waals surface area contributed by atoms with E-state index in [0.29, 0.717) is 47.1 Å². The second-order valence-electron chi connectivity index (χ2n) is 18.4. The topological polar surface area (TPSA) is 73.8 Å². The molecule has 8 nitrogen and oxygen atoms in total. The Morgan fingerprint density at radius 1 is 0.327 bits per heavy atom. The quantitative estimate of drug-likeness (QED) is 0.143. The van der Waals surface area contributed by atoms with E-state index in [1.807, 2.05) is 0 Å². The van der Waals surface area contributed by atoms with Gasteiger partial charge in [-0.05, 0) is 107 Å². The summed E-state index contributed by atoms with van der Waals surface area (Å²) in [6.45, 7) is 17.4. The molecule has 0 amide bonds. The molecule has 1 heterocycles. The second-order valence-corrected chi connectivity index (χ2v) is 32.6. The molecule has 5 fully saturated rings. The average molecular weight is 801 g/mol. The highest BCUT2D eigenvalue weighted by atomic mass is 28.5. The highest BCUT2D eigenvalue weighted by molar-refractivity contribution is 6.96. The van der Waals surface area contributed by atoms with Crippen molar-refractivity contribution in [3.05, 3.63) is 0 Å². The highest BCUT2D eigenvalue weighted by Gasteiger charge is 2.70. The van der Waals surface area contributed by atoms with Crippen LogP contribution in [0.1, 0.15) is 184 Å². The molecule has 1 saturated heterocycles. The van der Waals surface area contributed by atoms with E-state index in [4.69, 9.17) is 35.4 Å². The Hall–Kier alpha value is 0.548. The summed E-state index contributed by atoms with van der Waals surface area (Å²) in [5.41, 5.74) is 1.36. The van der Waals surface area contributed by atoms with Crippen LogP contribution in [-0.4, -0.2) is 83.6 Å². The molecular formula is C40H80O8Si4. The molecule has 0 aromatic heterocycles. The van der Waals surface area contributed by atoms with Crippen LogP contribution in [-0.2, 0) is 35.4 Å². The molecule has 0 aromatic carbocycles. The van der Waals surface area contributed by atoms with E-state index in [-0.39, 0.29) is 24.4 Å². The van der Waals surface area contributed by atoms with Crippen molar-refractivity contribution in [1.29, 1.82) is 0 Å². The fourth-order valence-electron chi connectivity index (χ4n) is 9.93. The van der Waals surface area contributed by atoms with Crippen LogP contribution in [0.25, 0.3) is 0 Å². The number of hydrogen-bond donors (Lipinski definition) is 0. The van der Waals surface area contributed by atoms with Gasteiger partial charge >= 0.3 is 34.2 Å². The largest absolute Gasteiger partial charge is 0.412 e. The Morgan fingerprint density at radius 2 is 0.500 bits per heavy atom. The molecular weight excluding hydrogens is 721 g/mol. The average Bonchev–Trinajstić information content (AvgIpc) is 3.14. The smallest absolute Gasteiger partial charge is 0.350 e. The monoisotopic (exact) mass is 800 g/mol. The second kappa shape index (κ2) is 20.3. The van der Waals surface area contributed by atoms with Gasteiger partial charge in [0.05, 0.1) is 49.3 Å². The molecule has 0 aromatic rings. The lowest BCUT2D eigenvalue weighted by Gasteiger charge is -2.59. The first-order valence-electron chi connectivity index (χ1n) is 22.2. The molecule has 0 unspecified atom stereocenters. The van der Waals surface area contributed by atoms with Crippen LogP contribution in [0.15, 0.2) is 0 Å². The fourth-order valence-corrected chi connectivity index (χ4v) is 37.0. The van der Waals surface area contributed by atoms with Crippen molar-refractivity contribution in [2.45, 2.75) is 230 Å². The number of ether oxygens (including phenoxy) is 4. The van der Waals surface area contributed by atoms with Crippen molar-refractivity contribution in [3.8, 4) is 0 Å². The van der Waals surface area contributed by atoms with E-state index in [1.54, 1.807) is 0 Å². The molecule has 5 rings (SSSR count). The van der Waals surface area contributed by atoms with Gasteiger partial charge in [-0.15, -0.1) is 0 Å². The molecule has 0 bridgehead atoms. The van der Waals surface area contributed by atoms with Crippen LogP contribution in [0, 0.1) is 0 Å². The Morgan fingerprint density at radius 3 is 0.654 bits per heavy atom. The van der Waals surface area contributed by atoms with Gasteiger partial charge in [-0.2, -0.15) is 0 Å². The van der Waals surface area contributed by atoms with Crippen LogP contribution in [0.3, 0.4) is 0 Å². The molecule has 52 heavy (non-hydrogen) atoms. The van der Waals surface area contributed by atoms with Crippen molar-refractivity contribution in [1.82, 2.24) is 0 Å². The maximum atomic E-state index is 8.41. The van der Waals surface area contributed by atoms with E-state index < -0.39 is 34.2 Å². The Kier molecular flexibility index (Phi) is 17.0. The summed E-state index contributed by atoms with van der Waals surface area (Å²) >= 11 is 0. The first kappa shape index (κ1) is 43.7. The van der Waals surface area contributed by atoms with Crippen molar-refractivity contribution >= 4 is 34.2 Å². The van der Waals surface area contributed by atoms with Crippen LogP contribution in [0.4, 0.5) is 0 Å². The van der Waals surface area contributed by atoms with Gasteiger partial charge in [0.15, 0.2) is 0 Å². The van der Waals surface area contributed by atoms with Gasteiger partial charge in [-0.25, -0.2) is 0 Å². The predicted octanol–water partition coefficient (Wildman–Crippen LogP) is 11.0. The Balaban J connectivity index is 1.79. The maximum Gasteiger partial charge on any atom is 0.350 e. The molecule has 4 aliphatic carbocycles. The van der Waals surface area contributed by atoms with Crippen molar-refractivity contribution in [2.24, 2.45) is 0 Å². The minimum absolute atomic E-state index is 0.0814. The minimum Gasteiger partial charge on any atom is -0.412 e. The lowest BCUT2D eigenvalue weighted by Crippen LogP contribution is -2.78. The van der Waals surface area contributed by atoms with E-state index in [2.05, 4.69) is 55.4 Å². The lowest BCUT2D eigenvalue weighted by atomic mass is 10.0. The van der Waals surface area contributed by atoms with Crippen LogP contribution < -0.4 is 0 Å². The summed E-state index contributed by atoms with van der Waals surface area (Å²) in [6.07, 6.45) is 26.5. The summed E-state index contributed by atoms with van der Waals surface area (Å²) in [5, 5.41) is 0. The third-order valence-corrected chi connectivity index (χ3v) is 33.4. The Labute approximate surface area is 323 Å². The molecule has 0 spiro atoms. The first-order valence-corrected chi connectivity index (χ1v) is 30.6. The van der Waals surface area contributed by atoms with Gasteiger partial charge in [0.25, 0.3) is 0 Å². The summed E-state index contributed by atoms with van der Waals surface area (Å²) < 4.78 is 61.0. The molecule has 5 aliphatic rings. The zero-order chi connectivity index (χ0) is 37.2. The lowest BCUT2D eigenvalue weighted by molar-refractivity contribution is 0.0371. The molecule has 0 N–H and O–H groups in total. The Bertz CT molecular complexity index is 855. The van der Waals surface area contributed by atoms with Gasteiger partial charge in [-0.3, -0.25) is 0 Å². The summed E-state index contributed by atoms with van der Waals surface area (Å²) in [6, 6.07) is 0. The van der Waals surface area contributed by atoms with E-state index >= 15 is 0 Å². The first-order chi connectivity index (χ1) is 24.9. The molecule has 0 radical (unpaired) electrons. The van der Waals surface area contributed by atoms with Gasteiger partial charge < -0.3 is 35.4 Å². The van der Waals surface area contributed by atoms with Crippen LogP contribution in [0.5, 0.6) is 0 Å². The molecule has 0 atom stereocenters. The van der Waals surface area contributed by atoms with Crippen molar-refractivity contribution in [3.63, 3.8) is 0 Å². The SMILES string of the molecule is CC(C)OC[Si]1(C2CCCCC2)O[Si](COC(C)C)(C2CCCCC2)O[Si](COC(C)C)(C2CCCCC2)O[Si](COC(C)C)(C2CCCCC2)O1. The van der Waals surface area contributed by atoms with Gasteiger partial charge in [0, 0.05) is 22.2 Å². The van der Waals surface area contributed by atoms with Crippen molar-refractivity contribution in [2.75, 3.05) is 24.9 Å². The van der Waals surface area contributed by atoms with Crippen LogP contribution in [0.2, 0.25) is 22.2 Å². The highest BCUT2D eigenvalue weighted by Crippen LogP contribution is 2.54. The molecule has 12 heteroatoms. The van der Waals surface area contributed by atoms with E-state index in [9.17, 15) is 0 Å². The van der Waals surface area contributed by atoms with Gasteiger partial charge in [0.1, 0.15) is 0 Å². The summed E-state index contributed by atoms with van der Waals surface area (Å²) in [5.74, 6) is 0. The minimum atomic E-state index is -3.19. The van der Waals surface area contributed by atoms with Crippen LogP contribution >= 0.6 is 0 Å². The molecule has 1 aliphatic heterocycles. The normalized spacial score (nSPS) is 34.4. The molecule has 304 valence electrons. The summed E-state index contributed by atoms with van der Waals surface area (Å²) in [4.78, 5) is 0. The zero-order valence-electron chi connectivity index (χ0n) is 34.9. The van der Waals surface area contributed by atoms with Crippen molar-refractivity contribution < 1.29 is 35.4 Å². The van der Waals surface area contributed by atoms with Gasteiger partial charge in [-0.1, -0.05) is 77.0 Å². The zero-order valence-corrected chi connectivity index (χ0v) is 38.9.